The molecule has 3 aromatic rings. The molecule has 0 spiro atoms. The van der Waals surface area contributed by atoms with Gasteiger partial charge in [0.25, 0.3) is 0 Å². The second kappa shape index (κ2) is 7.53. The highest BCUT2D eigenvalue weighted by Crippen LogP contribution is 2.26. The van der Waals surface area contributed by atoms with Crippen LogP contribution in [-0.4, -0.2) is 17.0 Å². The lowest BCUT2D eigenvalue weighted by Gasteiger charge is -1.99. The molecule has 0 radical (unpaired) electrons. The maximum absolute atomic E-state index is 5.86. The first-order valence-corrected chi connectivity index (χ1v) is 7.94. The maximum Gasteiger partial charge on any atom is 0.226 e. The minimum atomic E-state index is 0.222. The van der Waals surface area contributed by atoms with E-state index in [9.17, 15) is 0 Å². The first kappa shape index (κ1) is 15.9. The normalized spacial score (nSPS) is 10.5. The van der Waals surface area contributed by atoms with Crippen molar-refractivity contribution in [2.24, 2.45) is 9.98 Å². The van der Waals surface area contributed by atoms with Crippen LogP contribution < -0.4 is 0 Å². The van der Waals surface area contributed by atoms with Crippen molar-refractivity contribution in [1.29, 1.82) is 0 Å². The van der Waals surface area contributed by atoms with Crippen LogP contribution in [0.2, 0.25) is 0 Å². The van der Waals surface area contributed by atoms with Crippen molar-refractivity contribution in [1.82, 2.24) is 4.98 Å². The van der Waals surface area contributed by atoms with Crippen LogP contribution in [0.25, 0.3) is 22.8 Å². The molecule has 2 aromatic carbocycles. The van der Waals surface area contributed by atoms with E-state index in [1.54, 1.807) is 6.20 Å². The number of hydrogen-bond donors (Lipinski definition) is 0. The molecule has 0 aliphatic carbocycles. The molecule has 0 bridgehead atoms. The van der Waals surface area contributed by atoms with Gasteiger partial charge in [-0.25, -0.2) is 15.0 Å². The van der Waals surface area contributed by atoms with E-state index in [1.165, 1.54) is 0 Å². The molecule has 4 nitrogen and oxygen atoms in total. The van der Waals surface area contributed by atoms with E-state index >= 15 is 0 Å². The first-order valence-electron chi connectivity index (χ1n) is 7.94. The van der Waals surface area contributed by atoms with Gasteiger partial charge in [0.05, 0.1) is 24.8 Å². The Bertz CT molecular complexity index is 842. The number of aliphatic imine (C=N–C) groups is 2. The van der Waals surface area contributed by atoms with Gasteiger partial charge in [-0.2, -0.15) is 0 Å². The van der Waals surface area contributed by atoms with Crippen LogP contribution in [0, 0.1) is 0 Å². The summed E-state index contributed by atoms with van der Waals surface area (Å²) in [4.78, 5) is 12.6. The van der Waals surface area contributed by atoms with Crippen molar-refractivity contribution in [2.75, 3.05) is 0 Å². The number of rotatable bonds is 5. The van der Waals surface area contributed by atoms with Crippen LogP contribution in [0.15, 0.2) is 75.2 Å². The smallest absolute Gasteiger partial charge is 0.226 e. The largest absolute Gasteiger partial charge is 0.436 e. The van der Waals surface area contributed by atoms with Crippen molar-refractivity contribution in [3.05, 3.63) is 66.4 Å². The zero-order chi connectivity index (χ0) is 16.8. The molecular formula is C20H19N3O. The molecule has 1 heterocycles. The van der Waals surface area contributed by atoms with E-state index in [-0.39, 0.29) is 6.04 Å². The Morgan fingerprint density at radius 2 is 1.75 bits per heavy atom. The second-order valence-corrected chi connectivity index (χ2v) is 5.73. The first-order chi connectivity index (χ1) is 11.7. The van der Waals surface area contributed by atoms with E-state index in [2.05, 4.69) is 21.0 Å². The fraction of sp³-hybridized carbons (Fsp3) is 0.200. The number of benzene rings is 2. The van der Waals surface area contributed by atoms with Crippen molar-refractivity contribution < 1.29 is 4.42 Å². The van der Waals surface area contributed by atoms with Crippen molar-refractivity contribution in [3.8, 4) is 22.8 Å². The van der Waals surface area contributed by atoms with Crippen LogP contribution in [0.5, 0.6) is 0 Å². The highest BCUT2D eigenvalue weighted by atomic mass is 16.4. The summed E-state index contributed by atoms with van der Waals surface area (Å²) >= 11 is 0. The van der Waals surface area contributed by atoms with Gasteiger partial charge in [0.15, 0.2) is 5.76 Å². The number of oxazole rings is 1. The summed E-state index contributed by atoms with van der Waals surface area (Å²) < 4.78 is 5.86. The Kier molecular flexibility index (Phi) is 4.99. The quantitative estimate of drug-likeness (QED) is 0.615. The molecule has 3 rings (SSSR count). The van der Waals surface area contributed by atoms with E-state index in [0.29, 0.717) is 12.4 Å². The molecular weight excluding hydrogens is 298 g/mol. The number of nitrogens with zero attached hydrogens (tertiary/aromatic N) is 3. The molecule has 0 amide bonds. The van der Waals surface area contributed by atoms with Crippen LogP contribution in [-0.2, 0) is 6.54 Å². The monoisotopic (exact) mass is 317 g/mol. The number of aromatic nitrogens is 1. The summed E-state index contributed by atoms with van der Waals surface area (Å²) in [6.07, 6.45) is 1.76. The molecule has 0 fully saturated rings. The predicted molar refractivity (Wildman–Crippen MR) is 96.1 cm³/mol. The Balaban J connectivity index is 1.72. The summed E-state index contributed by atoms with van der Waals surface area (Å²) in [5.74, 6) is 1.38. The van der Waals surface area contributed by atoms with Crippen LogP contribution >= 0.6 is 0 Å². The third-order valence-electron chi connectivity index (χ3n) is 3.41. The molecule has 0 aliphatic heterocycles. The van der Waals surface area contributed by atoms with Gasteiger partial charge in [0.1, 0.15) is 0 Å². The van der Waals surface area contributed by atoms with Gasteiger partial charge in [-0.1, -0.05) is 42.5 Å². The van der Waals surface area contributed by atoms with Crippen molar-refractivity contribution >= 4 is 6.01 Å². The third-order valence-corrected chi connectivity index (χ3v) is 3.41. The average Bonchev–Trinajstić information content (AvgIpc) is 3.10. The fourth-order valence-electron chi connectivity index (χ4n) is 2.18. The lowest BCUT2D eigenvalue weighted by Crippen LogP contribution is -1.86. The zero-order valence-corrected chi connectivity index (χ0v) is 13.8. The molecule has 0 saturated carbocycles. The van der Waals surface area contributed by atoms with Gasteiger partial charge in [-0.3, -0.25) is 0 Å². The predicted octanol–water partition coefficient (Wildman–Crippen LogP) is 5.09. The highest BCUT2D eigenvalue weighted by Gasteiger charge is 2.08. The van der Waals surface area contributed by atoms with Gasteiger partial charge >= 0.3 is 0 Å². The summed E-state index contributed by atoms with van der Waals surface area (Å²) in [6.45, 7) is 4.56. The van der Waals surface area contributed by atoms with Crippen molar-refractivity contribution in [2.45, 2.75) is 26.4 Å². The molecule has 0 aliphatic rings. The van der Waals surface area contributed by atoms with Crippen LogP contribution in [0.1, 0.15) is 19.4 Å². The van der Waals surface area contributed by atoms with Gasteiger partial charge < -0.3 is 4.42 Å². The number of hydrogen-bond acceptors (Lipinski definition) is 4. The lowest BCUT2D eigenvalue weighted by atomic mass is 10.1. The van der Waals surface area contributed by atoms with E-state index in [0.717, 1.165) is 22.5 Å². The molecule has 4 heteroatoms. The maximum atomic E-state index is 5.86. The topological polar surface area (TPSA) is 50.8 Å². The third kappa shape index (κ3) is 4.06. The lowest BCUT2D eigenvalue weighted by molar-refractivity contribution is 0.589. The molecule has 0 unspecified atom stereocenters. The molecule has 0 saturated heterocycles. The van der Waals surface area contributed by atoms with Crippen molar-refractivity contribution in [3.63, 3.8) is 0 Å². The Labute approximate surface area is 141 Å². The van der Waals surface area contributed by atoms with Gasteiger partial charge in [0, 0.05) is 11.1 Å². The minimum Gasteiger partial charge on any atom is -0.436 e. The molecule has 120 valence electrons. The minimum absolute atomic E-state index is 0.222. The Morgan fingerprint density at radius 1 is 1.00 bits per heavy atom. The highest BCUT2D eigenvalue weighted by molar-refractivity contribution is 5.61. The van der Waals surface area contributed by atoms with Gasteiger partial charge in [0.2, 0.25) is 5.89 Å². The average molecular weight is 317 g/mol. The van der Waals surface area contributed by atoms with E-state index in [4.69, 9.17) is 4.42 Å². The molecule has 0 N–H and O–H groups in total. The standard InChI is InChI=1S/C20H19N3O/c1-15(2)23-14-21-12-16-8-10-18(11-9-16)20-22-13-19(24-20)17-6-4-3-5-7-17/h3-11,13,15H,12H2,1-2H3. The van der Waals surface area contributed by atoms with Gasteiger partial charge in [-0.15, -0.1) is 0 Å². The summed E-state index contributed by atoms with van der Waals surface area (Å²) in [5.41, 5.74) is 3.06. The SMILES string of the molecule is CC(C)N=C=NCc1ccc(-c2ncc(-c3ccccc3)o2)cc1. The van der Waals surface area contributed by atoms with Crippen LogP contribution in [0.4, 0.5) is 0 Å². The Hall–Kier alpha value is -2.97. The fourth-order valence-corrected chi connectivity index (χ4v) is 2.18. The Morgan fingerprint density at radius 3 is 2.46 bits per heavy atom. The molecule has 24 heavy (non-hydrogen) atoms. The second-order valence-electron chi connectivity index (χ2n) is 5.73. The molecule has 1 aromatic heterocycles. The summed E-state index contributed by atoms with van der Waals surface area (Å²) in [7, 11) is 0. The zero-order valence-electron chi connectivity index (χ0n) is 13.8. The van der Waals surface area contributed by atoms with E-state index < -0.39 is 0 Å². The van der Waals surface area contributed by atoms with Gasteiger partial charge in [-0.05, 0) is 31.5 Å². The summed E-state index contributed by atoms with van der Waals surface area (Å²) in [5, 5.41) is 0. The molecule has 0 atom stereocenters. The van der Waals surface area contributed by atoms with Crippen LogP contribution in [0.3, 0.4) is 0 Å². The van der Waals surface area contributed by atoms with E-state index in [1.807, 2.05) is 68.4 Å². The summed E-state index contributed by atoms with van der Waals surface area (Å²) in [6, 6.07) is 20.9.